The van der Waals surface area contributed by atoms with Crippen molar-refractivity contribution in [2.75, 3.05) is 23.3 Å². The minimum Gasteiger partial charge on any atom is -0.506 e. The van der Waals surface area contributed by atoms with Gasteiger partial charge >= 0.3 is 0 Å². The van der Waals surface area contributed by atoms with Crippen LogP contribution in [0.1, 0.15) is 79.2 Å². The molecule has 2 N–H and O–H groups in total. The van der Waals surface area contributed by atoms with E-state index in [2.05, 4.69) is 29.2 Å². The van der Waals surface area contributed by atoms with Gasteiger partial charge in [0.15, 0.2) is 0 Å². The normalized spacial score (nSPS) is 20.5. The highest BCUT2D eigenvalue weighted by molar-refractivity contribution is 6.44. The van der Waals surface area contributed by atoms with Crippen molar-refractivity contribution in [3.8, 4) is 0 Å². The van der Waals surface area contributed by atoms with Gasteiger partial charge in [-0.3, -0.25) is 14.4 Å². The zero-order chi connectivity index (χ0) is 27.1. The number of allylic oxidation sites excluding steroid dienone is 2. The number of rotatable bonds is 7. The molecule has 37 heavy (non-hydrogen) atoms. The molecule has 1 aromatic rings. The summed E-state index contributed by atoms with van der Waals surface area (Å²) in [6, 6.07) is 5.52. The number of ketones is 1. The molecule has 1 saturated carbocycles. The van der Waals surface area contributed by atoms with Gasteiger partial charge in [0.05, 0.1) is 33.7 Å². The number of hydrogen-bond acceptors (Lipinski definition) is 6. The maximum Gasteiger partial charge on any atom is 0.277 e. The van der Waals surface area contributed by atoms with Crippen LogP contribution in [0.2, 0.25) is 0 Å². The molecule has 1 heterocycles. The molecule has 0 unspecified atom stereocenters. The predicted molar refractivity (Wildman–Crippen MR) is 146 cm³/mol. The van der Waals surface area contributed by atoms with Crippen molar-refractivity contribution in [2.45, 2.75) is 79.2 Å². The predicted octanol–water partition coefficient (Wildman–Crippen LogP) is 5.22. The Morgan fingerprint density at radius 2 is 1.76 bits per heavy atom. The number of carbonyl (C=O) groups excluding carboxylic acids is 3. The molecule has 1 aromatic carbocycles. The summed E-state index contributed by atoms with van der Waals surface area (Å²) in [4.78, 5) is 41.6. The molecule has 2 aliphatic carbocycles. The fourth-order valence-electron chi connectivity index (χ4n) is 5.45. The smallest absolute Gasteiger partial charge is 0.277 e. The highest BCUT2D eigenvalue weighted by atomic mass is 16.3. The van der Waals surface area contributed by atoms with Crippen LogP contribution in [-0.4, -0.2) is 52.1 Å². The molecular formula is C29H38N4O4. The van der Waals surface area contributed by atoms with Crippen LogP contribution >= 0.6 is 0 Å². The summed E-state index contributed by atoms with van der Waals surface area (Å²) in [5.74, 6) is -0.773. The average molecular weight is 507 g/mol. The molecule has 8 nitrogen and oxygen atoms in total. The number of benzene rings is 1. The summed E-state index contributed by atoms with van der Waals surface area (Å²) in [7, 11) is 0. The summed E-state index contributed by atoms with van der Waals surface area (Å²) in [5.41, 5.74) is 1.94. The summed E-state index contributed by atoms with van der Waals surface area (Å²) >= 11 is 0. The van der Waals surface area contributed by atoms with Crippen molar-refractivity contribution in [1.29, 1.82) is 0 Å². The Kier molecular flexibility index (Phi) is 7.31. The van der Waals surface area contributed by atoms with Crippen molar-refractivity contribution in [1.82, 2.24) is 5.01 Å². The number of aliphatic hydroxyl groups excluding tert-OH is 1. The number of aliphatic hydroxyl groups is 1. The van der Waals surface area contributed by atoms with Crippen LogP contribution in [0, 0.1) is 5.92 Å². The van der Waals surface area contributed by atoms with Crippen molar-refractivity contribution in [3.05, 3.63) is 40.7 Å². The number of hydrogen-bond donors (Lipinski definition) is 2. The molecule has 8 heteroatoms. The molecule has 3 aliphatic rings. The van der Waals surface area contributed by atoms with Crippen LogP contribution in [0.25, 0.3) is 5.57 Å². The van der Waals surface area contributed by atoms with Gasteiger partial charge in [-0.2, -0.15) is 5.10 Å². The molecule has 0 atom stereocenters. The van der Waals surface area contributed by atoms with Crippen LogP contribution in [0.15, 0.2) is 40.2 Å². The first-order valence-electron chi connectivity index (χ1n) is 13.3. The molecule has 1 fully saturated rings. The summed E-state index contributed by atoms with van der Waals surface area (Å²) in [5, 5.41) is 19.8. The van der Waals surface area contributed by atoms with E-state index in [4.69, 9.17) is 0 Å². The molecule has 0 saturated heterocycles. The number of hydrazone groups is 1. The van der Waals surface area contributed by atoms with E-state index in [1.165, 1.54) is 5.01 Å². The average Bonchev–Trinajstić information content (AvgIpc) is 3.44. The van der Waals surface area contributed by atoms with Crippen LogP contribution in [0.4, 0.5) is 11.4 Å². The topological polar surface area (TPSA) is 102 Å². The van der Waals surface area contributed by atoms with Gasteiger partial charge in [-0.15, -0.1) is 0 Å². The highest BCUT2D eigenvalue weighted by Gasteiger charge is 2.45. The van der Waals surface area contributed by atoms with Crippen molar-refractivity contribution in [3.63, 3.8) is 0 Å². The molecule has 1 aliphatic heterocycles. The van der Waals surface area contributed by atoms with Gasteiger partial charge in [0.1, 0.15) is 5.76 Å². The second-order valence-corrected chi connectivity index (χ2v) is 11.1. The van der Waals surface area contributed by atoms with Crippen molar-refractivity contribution in [2.24, 2.45) is 11.0 Å². The summed E-state index contributed by atoms with van der Waals surface area (Å²) in [6.45, 7) is 12.9. The minimum absolute atomic E-state index is 0.0101. The van der Waals surface area contributed by atoms with Gasteiger partial charge in [-0.1, -0.05) is 12.8 Å². The quantitative estimate of drug-likeness (QED) is 0.494. The van der Waals surface area contributed by atoms with Gasteiger partial charge in [-0.25, -0.2) is 5.01 Å². The first-order valence-corrected chi connectivity index (χ1v) is 13.3. The Morgan fingerprint density at radius 1 is 1.11 bits per heavy atom. The van der Waals surface area contributed by atoms with Crippen LogP contribution in [0.3, 0.4) is 0 Å². The fourth-order valence-corrected chi connectivity index (χ4v) is 5.45. The molecule has 0 aromatic heterocycles. The van der Waals surface area contributed by atoms with E-state index >= 15 is 0 Å². The lowest BCUT2D eigenvalue weighted by molar-refractivity contribution is -0.130. The van der Waals surface area contributed by atoms with Crippen molar-refractivity contribution < 1.29 is 19.5 Å². The Labute approximate surface area is 219 Å². The van der Waals surface area contributed by atoms with Crippen molar-refractivity contribution >= 4 is 40.3 Å². The second kappa shape index (κ2) is 10.1. The number of carbonyl (C=O) groups is 3. The number of Topliss-reactive ketones (excluding diaryl/α,β-unsaturated/α-hetero) is 1. The van der Waals surface area contributed by atoms with E-state index in [9.17, 15) is 19.5 Å². The zero-order valence-electron chi connectivity index (χ0n) is 22.8. The SMILES string of the molecule is CCN(CC)c1ccc(C2=C(O)/C(=C3/C(=O)N(C(C)(C)C)N=C3C)C2=O)c(NC(=O)CC2CCCC2)c1. The van der Waals surface area contributed by atoms with Gasteiger partial charge in [0.2, 0.25) is 11.7 Å². The maximum atomic E-state index is 13.4. The van der Waals surface area contributed by atoms with Crippen LogP contribution < -0.4 is 10.2 Å². The number of amides is 2. The third kappa shape index (κ3) is 4.93. The standard InChI is InChI=1S/C29H38N4O4/c1-7-32(8-2)19-13-14-20(21(16-19)30-22(34)15-18-11-9-10-12-18)24-26(35)25(27(24)36)23-17(3)31-33(28(23)37)29(4,5)6/h13-14,16,18,35H,7-12,15H2,1-6H3,(H,30,34)/b25-23-. The third-order valence-electron chi connectivity index (χ3n) is 7.46. The summed E-state index contributed by atoms with van der Waals surface area (Å²) in [6.07, 6.45) is 4.86. The summed E-state index contributed by atoms with van der Waals surface area (Å²) < 4.78 is 0. The second-order valence-electron chi connectivity index (χ2n) is 11.1. The van der Waals surface area contributed by atoms with E-state index in [0.29, 0.717) is 29.3 Å². The van der Waals surface area contributed by atoms with Gasteiger partial charge in [0.25, 0.3) is 5.91 Å². The molecule has 0 radical (unpaired) electrons. The molecule has 0 spiro atoms. The Balaban J connectivity index is 1.73. The zero-order valence-corrected chi connectivity index (χ0v) is 22.8. The molecule has 198 valence electrons. The number of nitrogens with one attached hydrogen (secondary N) is 1. The number of anilines is 2. The monoisotopic (exact) mass is 506 g/mol. The fraction of sp³-hybridized carbons (Fsp3) is 0.517. The Morgan fingerprint density at radius 3 is 2.30 bits per heavy atom. The molecule has 4 rings (SSSR count). The van der Waals surface area contributed by atoms with Gasteiger partial charge in [0, 0.05) is 30.8 Å². The largest absolute Gasteiger partial charge is 0.506 e. The molecular weight excluding hydrogens is 468 g/mol. The van der Waals surface area contributed by atoms with Gasteiger partial charge in [-0.05, 0) is 78.5 Å². The van der Waals surface area contributed by atoms with E-state index in [1.807, 2.05) is 32.9 Å². The number of nitrogens with zero attached hydrogens (tertiary/aromatic N) is 3. The van der Waals surface area contributed by atoms with E-state index in [-0.39, 0.29) is 28.4 Å². The Bertz CT molecular complexity index is 1220. The first-order chi connectivity index (χ1) is 17.5. The van der Waals surface area contributed by atoms with E-state index < -0.39 is 17.2 Å². The van der Waals surface area contributed by atoms with Gasteiger partial charge < -0.3 is 15.3 Å². The first kappa shape index (κ1) is 26.6. The highest BCUT2D eigenvalue weighted by Crippen LogP contribution is 2.43. The minimum atomic E-state index is -0.563. The maximum absolute atomic E-state index is 13.4. The van der Waals surface area contributed by atoms with E-state index in [0.717, 1.165) is 44.5 Å². The molecule has 2 amide bonds. The van der Waals surface area contributed by atoms with Crippen LogP contribution in [0.5, 0.6) is 0 Å². The molecule has 0 bridgehead atoms. The lowest BCUT2D eigenvalue weighted by atomic mass is 9.79. The lowest BCUT2D eigenvalue weighted by Crippen LogP contribution is -2.40. The van der Waals surface area contributed by atoms with Crippen LogP contribution in [-0.2, 0) is 14.4 Å². The third-order valence-corrected chi connectivity index (χ3v) is 7.46. The Hall–Kier alpha value is -3.42. The van der Waals surface area contributed by atoms with E-state index in [1.54, 1.807) is 13.0 Å². The lowest BCUT2D eigenvalue weighted by Gasteiger charge is -2.29.